The quantitative estimate of drug-likeness (QED) is 0.841. The zero-order valence-electron chi connectivity index (χ0n) is 12.9. The Morgan fingerprint density at radius 3 is 2.55 bits per heavy atom. The van der Waals surface area contributed by atoms with Gasteiger partial charge in [0.25, 0.3) is 0 Å². The predicted molar refractivity (Wildman–Crippen MR) is 85.0 cm³/mol. The van der Waals surface area contributed by atoms with Crippen molar-refractivity contribution in [3.8, 4) is 0 Å². The van der Waals surface area contributed by atoms with Gasteiger partial charge in [-0.2, -0.15) is 0 Å². The van der Waals surface area contributed by atoms with E-state index in [9.17, 15) is 4.79 Å². The van der Waals surface area contributed by atoms with Crippen molar-refractivity contribution in [3.63, 3.8) is 0 Å². The van der Waals surface area contributed by atoms with Crippen molar-refractivity contribution in [2.24, 2.45) is 17.6 Å². The molecule has 0 bridgehead atoms. The van der Waals surface area contributed by atoms with Crippen molar-refractivity contribution >= 4 is 18.3 Å². The second-order valence-corrected chi connectivity index (χ2v) is 6.36. The molecule has 0 aromatic carbocycles. The molecule has 20 heavy (non-hydrogen) atoms. The predicted octanol–water partition coefficient (Wildman–Crippen LogP) is 1.73. The van der Waals surface area contributed by atoms with Crippen molar-refractivity contribution in [3.05, 3.63) is 0 Å². The summed E-state index contributed by atoms with van der Waals surface area (Å²) in [5.74, 6) is 1.11. The van der Waals surface area contributed by atoms with Crippen LogP contribution in [0, 0.1) is 11.8 Å². The lowest BCUT2D eigenvalue weighted by Gasteiger charge is -2.25. The van der Waals surface area contributed by atoms with E-state index >= 15 is 0 Å². The molecule has 2 aliphatic rings. The molecule has 2 aliphatic heterocycles. The van der Waals surface area contributed by atoms with E-state index in [-0.39, 0.29) is 30.3 Å². The van der Waals surface area contributed by atoms with Crippen LogP contribution in [0.3, 0.4) is 0 Å². The molecule has 5 heteroatoms. The molecule has 2 saturated heterocycles. The highest BCUT2D eigenvalue weighted by atomic mass is 35.5. The number of hydrogen-bond donors (Lipinski definition) is 1. The number of nitrogens with two attached hydrogens (primary N) is 1. The molecule has 0 aliphatic carbocycles. The molecule has 0 aromatic heterocycles. The Kier molecular flexibility index (Phi) is 7.27. The highest BCUT2D eigenvalue weighted by molar-refractivity contribution is 5.85. The summed E-state index contributed by atoms with van der Waals surface area (Å²) < 4.78 is 0. The van der Waals surface area contributed by atoms with Crippen LogP contribution in [-0.4, -0.2) is 54.5 Å². The van der Waals surface area contributed by atoms with E-state index in [0.717, 1.165) is 25.9 Å². The topological polar surface area (TPSA) is 49.6 Å². The van der Waals surface area contributed by atoms with Crippen LogP contribution in [-0.2, 0) is 4.79 Å². The average Bonchev–Trinajstić information content (AvgIpc) is 3.08. The summed E-state index contributed by atoms with van der Waals surface area (Å²) in [7, 11) is 0. The maximum Gasteiger partial charge on any atom is 0.239 e. The number of carbonyl (C=O) groups excluding carboxylic acids is 1. The van der Waals surface area contributed by atoms with Gasteiger partial charge in [0.1, 0.15) is 0 Å². The normalized spacial score (nSPS) is 26.4. The van der Waals surface area contributed by atoms with E-state index in [1.807, 2.05) is 4.90 Å². The molecule has 0 spiro atoms. The van der Waals surface area contributed by atoms with E-state index < -0.39 is 0 Å². The van der Waals surface area contributed by atoms with Gasteiger partial charge in [-0.25, -0.2) is 0 Å². The molecule has 2 N–H and O–H groups in total. The second kappa shape index (κ2) is 8.20. The standard InChI is InChI=1S/C15H29N3O.ClH/c1-3-12(2)14(16)15(19)18-9-6-13(11-18)10-17-7-4-5-8-17;/h12-14H,3-11,16H2,1-2H3;1H. The van der Waals surface area contributed by atoms with Gasteiger partial charge < -0.3 is 15.5 Å². The smallest absolute Gasteiger partial charge is 0.239 e. The van der Waals surface area contributed by atoms with Crippen molar-refractivity contribution in [1.29, 1.82) is 0 Å². The third kappa shape index (κ3) is 4.34. The first kappa shape index (κ1) is 17.7. The summed E-state index contributed by atoms with van der Waals surface area (Å²) >= 11 is 0. The van der Waals surface area contributed by atoms with Crippen LogP contribution in [0.1, 0.15) is 39.5 Å². The zero-order chi connectivity index (χ0) is 13.8. The second-order valence-electron chi connectivity index (χ2n) is 6.36. The van der Waals surface area contributed by atoms with Crippen LogP contribution >= 0.6 is 12.4 Å². The van der Waals surface area contributed by atoms with Crippen molar-refractivity contribution in [1.82, 2.24) is 9.80 Å². The van der Waals surface area contributed by atoms with E-state index in [1.165, 1.54) is 32.5 Å². The van der Waals surface area contributed by atoms with Crippen molar-refractivity contribution < 1.29 is 4.79 Å². The molecule has 2 fully saturated rings. The number of carbonyl (C=O) groups is 1. The first-order chi connectivity index (χ1) is 9.11. The zero-order valence-corrected chi connectivity index (χ0v) is 13.7. The summed E-state index contributed by atoms with van der Waals surface area (Å²) in [5, 5.41) is 0. The average molecular weight is 304 g/mol. The first-order valence-electron chi connectivity index (χ1n) is 7.88. The number of nitrogens with zero attached hydrogens (tertiary/aromatic N) is 2. The molecule has 0 aromatic rings. The van der Waals surface area contributed by atoms with Gasteiger partial charge in [-0.15, -0.1) is 12.4 Å². The van der Waals surface area contributed by atoms with Gasteiger partial charge in [-0.3, -0.25) is 4.79 Å². The van der Waals surface area contributed by atoms with Crippen LogP contribution < -0.4 is 5.73 Å². The molecular weight excluding hydrogens is 274 g/mol. The van der Waals surface area contributed by atoms with E-state index in [0.29, 0.717) is 5.92 Å². The molecule has 2 heterocycles. The fraction of sp³-hybridized carbons (Fsp3) is 0.933. The summed E-state index contributed by atoms with van der Waals surface area (Å²) in [5.41, 5.74) is 6.06. The molecule has 0 saturated carbocycles. The van der Waals surface area contributed by atoms with E-state index in [1.54, 1.807) is 0 Å². The minimum absolute atomic E-state index is 0. The third-order valence-electron chi connectivity index (χ3n) is 4.85. The van der Waals surface area contributed by atoms with Gasteiger partial charge in [0.15, 0.2) is 0 Å². The Morgan fingerprint density at radius 1 is 1.30 bits per heavy atom. The van der Waals surface area contributed by atoms with Gasteiger partial charge >= 0.3 is 0 Å². The lowest BCUT2D eigenvalue weighted by atomic mass is 9.99. The summed E-state index contributed by atoms with van der Waals surface area (Å²) in [4.78, 5) is 16.9. The number of amides is 1. The molecule has 0 radical (unpaired) electrons. The highest BCUT2D eigenvalue weighted by Gasteiger charge is 2.32. The Labute approximate surface area is 129 Å². The van der Waals surface area contributed by atoms with Crippen LogP contribution in [0.15, 0.2) is 0 Å². The molecule has 3 atom stereocenters. The van der Waals surface area contributed by atoms with Crippen LogP contribution in [0.5, 0.6) is 0 Å². The lowest BCUT2D eigenvalue weighted by molar-refractivity contribution is -0.132. The Hall–Kier alpha value is -0.320. The van der Waals surface area contributed by atoms with E-state index in [4.69, 9.17) is 5.73 Å². The van der Waals surface area contributed by atoms with Crippen LogP contribution in [0.2, 0.25) is 0 Å². The molecule has 4 nitrogen and oxygen atoms in total. The summed E-state index contributed by atoms with van der Waals surface area (Å²) in [6, 6.07) is -0.310. The summed E-state index contributed by atoms with van der Waals surface area (Å²) in [6.07, 6.45) is 4.80. The highest BCUT2D eigenvalue weighted by Crippen LogP contribution is 2.21. The Balaban J connectivity index is 0.00000200. The molecule has 3 unspecified atom stereocenters. The number of likely N-dealkylation sites (tertiary alicyclic amines) is 2. The van der Waals surface area contributed by atoms with Gasteiger partial charge in [-0.05, 0) is 44.2 Å². The minimum Gasteiger partial charge on any atom is -0.341 e. The van der Waals surface area contributed by atoms with Crippen LogP contribution in [0.4, 0.5) is 0 Å². The molecule has 118 valence electrons. The fourth-order valence-corrected chi connectivity index (χ4v) is 3.22. The third-order valence-corrected chi connectivity index (χ3v) is 4.85. The maximum absolute atomic E-state index is 12.3. The SMILES string of the molecule is CCC(C)C(N)C(=O)N1CCC(CN2CCCC2)C1.Cl. The molecule has 1 amide bonds. The maximum atomic E-state index is 12.3. The Bertz CT molecular complexity index is 307. The fourth-order valence-electron chi connectivity index (χ4n) is 3.22. The van der Waals surface area contributed by atoms with Gasteiger partial charge in [0.05, 0.1) is 6.04 Å². The number of halogens is 1. The van der Waals surface area contributed by atoms with Gasteiger partial charge in [0.2, 0.25) is 5.91 Å². The Morgan fingerprint density at radius 2 is 1.95 bits per heavy atom. The summed E-state index contributed by atoms with van der Waals surface area (Å²) in [6.45, 7) is 9.65. The lowest BCUT2D eigenvalue weighted by Crippen LogP contribution is -2.46. The van der Waals surface area contributed by atoms with Crippen molar-refractivity contribution in [2.45, 2.75) is 45.6 Å². The van der Waals surface area contributed by atoms with Crippen LogP contribution in [0.25, 0.3) is 0 Å². The van der Waals surface area contributed by atoms with Gasteiger partial charge in [-0.1, -0.05) is 20.3 Å². The first-order valence-corrected chi connectivity index (χ1v) is 7.88. The van der Waals surface area contributed by atoms with Gasteiger partial charge in [0, 0.05) is 19.6 Å². The largest absolute Gasteiger partial charge is 0.341 e. The molecular formula is C15H30ClN3O. The number of rotatable bonds is 5. The monoisotopic (exact) mass is 303 g/mol. The number of hydrogen-bond acceptors (Lipinski definition) is 3. The molecule has 2 rings (SSSR count). The van der Waals surface area contributed by atoms with Crippen molar-refractivity contribution in [2.75, 3.05) is 32.7 Å². The minimum atomic E-state index is -0.310. The van der Waals surface area contributed by atoms with E-state index in [2.05, 4.69) is 18.7 Å².